The minimum Gasteiger partial charge on any atom is -0.397 e. The van der Waals surface area contributed by atoms with Gasteiger partial charge < -0.3 is 5.73 Å². The van der Waals surface area contributed by atoms with Gasteiger partial charge in [0.2, 0.25) is 0 Å². The van der Waals surface area contributed by atoms with Crippen molar-refractivity contribution in [1.29, 1.82) is 0 Å². The van der Waals surface area contributed by atoms with E-state index in [0.29, 0.717) is 0 Å². The van der Waals surface area contributed by atoms with E-state index in [-0.39, 0.29) is 5.69 Å². The Kier molecular flexibility index (Phi) is 2.26. The Morgan fingerprint density at radius 2 is 1.81 bits per heavy atom. The van der Waals surface area contributed by atoms with Crippen molar-refractivity contribution in [2.75, 3.05) is 5.73 Å². The highest BCUT2D eigenvalue weighted by Gasteiger charge is 2.35. The lowest BCUT2D eigenvalue weighted by atomic mass is 10.2. The molecule has 0 spiro atoms. The molecule has 0 aliphatic heterocycles. The van der Waals surface area contributed by atoms with Crippen molar-refractivity contribution in [1.82, 2.24) is 20.0 Å². The molecule has 16 heavy (non-hydrogen) atoms. The average Bonchev–Trinajstić information content (AvgIpc) is 2.69. The summed E-state index contributed by atoms with van der Waals surface area (Å²) in [7, 11) is 0. The van der Waals surface area contributed by atoms with Gasteiger partial charge in [0.15, 0.2) is 5.82 Å². The van der Waals surface area contributed by atoms with Gasteiger partial charge in [-0.15, -0.1) is 4.80 Å². The molecule has 2 heterocycles. The summed E-state index contributed by atoms with van der Waals surface area (Å²) in [6.07, 6.45) is -0.907. The van der Waals surface area contributed by atoms with Gasteiger partial charge in [-0.05, 0) is 6.07 Å². The van der Waals surface area contributed by atoms with Gasteiger partial charge in [0, 0.05) is 0 Å². The summed E-state index contributed by atoms with van der Waals surface area (Å²) in [5.41, 5.74) is 4.23. The normalized spacial score (nSPS) is 11.7. The maximum absolute atomic E-state index is 12.7. The van der Waals surface area contributed by atoms with Crippen LogP contribution in [0.3, 0.4) is 0 Å². The third kappa shape index (κ3) is 1.81. The second-order valence-electron chi connectivity index (χ2n) is 2.96. The number of pyridine rings is 1. The Balaban J connectivity index is 2.62. The van der Waals surface area contributed by atoms with Crippen molar-refractivity contribution in [3.05, 3.63) is 30.2 Å². The molecule has 0 fully saturated rings. The largest absolute Gasteiger partial charge is 0.420 e. The van der Waals surface area contributed by atoms with E-state index in [1.165, 1.54) is 12.4 Å². The number of nitrogen functional groups attached to an aromatic ring is 1. The first-order chi connectivity index (χ1) is 7.48. The van der Waals surface area contributed by atoms with E-state index < -0.39 is 17.6 Å². The molecule has 8 heteroatoms. The minimum absolute atomic E-state index is 0.0665. The molecule has 2 N–H and O–H groups in total. The molecule has 0 saturated heterocycles. The first kappa shape index (κ1) is 10.4. The van der Waals surface area contributed by atoms with Crippen molar-refractivity contribution in [2.45, 2.75) is 6.18 Å². The highest BCUT2D eigenvalue weighted by molar-refractivity contribution is 5.46. The number of alkyl halides is 3. The van der Waals surface area contributed by atoms with Gasteiger partial charge in [-0.1, -0.05) is 0 Å². The molecule has 0 saturated carbocycles. The average molecular weight is 229 g/mol. The van der Waals surface area contributed by atoms with Crippen molar-refractivity contribution < 1.29 is 13.2 Å². The third-order valence-corrected chi connectivity index (χ3v) is 1.80. The van der Waals surface area contributed by atoms with Crippen LogP contribution in [-0.2, 0) is 6.18 Å². The van der Waals surface area contributed by atoms with E-state index >= 15 is 0 Å². The Labute approximate surface area is 87.7 Å². The van der Waals surface area contributed by atoms with Crippen LogP contribution in [0.25, 0.3) is 5.82 Å². The predicted octanol–water partition coefficient (Wildman–Crippen LogP) is 1.26. The smallest absolute Gasteiger partial charge is 0.397 e. The molecule has 0 bridgehead atoms. The summed E-state index contributed by atoms with van der Waals surface area (Å²) < 4.78 is 38.0. The topological polar surface area (TPSA) is 69.6 Å². The van der Waals surface area contributed by atoms with Gasteiger partial charge in [0.05, 0.1) is 24.3 Å². The molecule has 0 aromatic carbocycles. The zero-order chi connectivity index (χ0) is 11.8. The zero-order valence-corrected chi connectivity index (χ0v) is 7.81. The number of anilines is 1. The minimum atomic E-state index is -4.55. The van der Waals surface area contributed by atoms with E-state index in [0.717, 1.165) is 17.1 Å². The number of rotatable bonds is 1. The highest BCUT2D eigenvalue weighted by atomic mass is 19.4. The fourth-order valence-electron chi connectivity index (χ4n) is 1.17. The lowest BCUT2D eigenvalue weighted by Gasteiger charge is -2.11. The number of nitrogens with two attached hydrogens (primary N) is 1. The molecule has 2 rings (SSSR count). The maximum atomic E-state index is 12.7. The zero-order valence-electron chi connectivity index (χ0n) is 7.81. The second kappa shape index (κ2) is 3.47. The maximum Gasteiger partial charge on any atom is 0.420 e. The fraction of sp³-hybridized carbons (Fsp3) is 0.125. The molecule has 0 radical (unpaired) electrons. The van der Waals surface area contributed by atoms with E-state index in [9.17, 15) is 13.2 Å². The summed E-state index contributed by atoms with van der Waals surface area (Å²) in [5.74, 6) is -0.397. The lowest BCUT2D eigenvalue weighted by Crippen LogP contribution is -2.14. The van der Waals surface area contributed by atoms with Crippen LogP contribution in [-0.4, -0.2) is 20.0 Å². The summed E-state index contributed by atoms with van der Waals surface area (Å²) in [4.78, 5) is 4.37. The molecule has 0 aliphatic rings. The number of hydrogen-bond acceptors (Lipinski definition) is 4. The number of nitrogens with zero attached hydrogens (tertiary/aromatic N) is 4. The molecule has 0 amide bonds. The molecule has 2 aromatic rings. The summed E-state index contributed by atoms with van der Waals surface area (Å²) >= 11 is 0. The van der Waals surface area contributed by atoms with Crippen LogP contribution < -0.4 is 5.73 Å². The van der Waals surface area contributed by atoms with E-state index in [1.807, 2.05) is 0 Å². The predicted molar refractivity (Wildman–Crippen MR) is 48.6 cm³/mol. The van der Waals surface area contributed by atoms with E-state index in [2.05, 4.69) is 15.2 Å². The molecule has 0 atom stereocenters. The Hall–Kier alpha value is -2.12. The van der Waals surface area contributed by atoms with Crippen LogP contribution >= 0.6 is 0 Å². The highest BCUT2D eigenvalue weighted by Crippen LogP contribution is 2.33. The van der Waals surface area contributed by atoms with Crippen molar-refractivity contribution >= 4 is 5.69 Å². The van der Waals surface area contributed by atoms with Gasteiger partial charge >= 0.3 is 6.18 Å². The molecule has 0 unspecified atom stereocenters. The van der Waals surface area contributed by atoms with Crippen LogP contribution in [0.1, 0.15) is 5.56 Å². The Morgan fingerprint density at radius 3 is 2.38 bits per heavy atom. The summed E-state index contributed by atoms with van der Waals surface area (Å²) in [6.45, 7) is 0. The number of halogens is 3. The van der Waals surface area contributed by atoms with Gasteiger partial charge in [0.1, 0.15) is 5.56 Å². The van der Waals surface area contributed by atoms with Crippen LogP contribution in [0.2, 0.25) is 0 Å². The number of hydrogen-bond donors (Lipinski definition) is 1. The van der Waals surface area contributed by atoms with Gasteiger partial charge in [-0.2, -0.15) is 23.4 Å². The lowest BCUT2D eigenvalue weighted by molar-refractivity contribution is -0.137. The molecule has 5 nitrogen and oxygen atoms in total. The van der Waals surface area contributed by atoms with Crippen LogP contribution in [0.4, 0.5) is 18.9 Å². The van der Waals surface area contributed by atoms with Gasteiger partial charge in [-0.25, -0.2) is 4.98 Å². The monoisotopic (exact) mass is 229 g/mol. The van der Waals surface area contributed by atoms with Crippen LogP contribution in [0.5, 0.6) is 0 Å². The number of aromatic nitrogens is 4. The molecular formula is C8H6F3N5. The van der Waals surface area contributed by atoms with Crippen molar-refractivity contribution in [3.8, 4) is 5.82 Å². The molecular weight excluding hydrogens is 223 g/mol. The van der Waals surface area contributed by atoms with Crippen molar-refractivity contribution in [3.63, 3.8) is 0 Å². The van der Waals surface area contributed by atoms with Gasteiger partial charge in [0.25, 0.3) is 0 Å². The van der Waals surface area contributed by atoms with Gasteiger partial charge in [-0.3, -0.25) is 0 Å². The first-order valence-electron chi connectivity index (χ1n) is 4.18. The standard InChI is InChI=1S/C8H6F3N5/c9-8(10,11)6-3-5(12)4-13-7(6)16-14-1-2-15-16/h1-4H,12H2. The van der Waals surface area contributed by atoms with Crippen molar-refractivity contribution in [2.24, 2.45) is 0 Å². The quantitative estimate of drug-likeness (QED) is 0.799. The van der Waals surface area contributed by atoms with Crippen LogP contribution in [0.15, 0.2) is 24.7 Å². The molecule has 84 valence electrons. The summed E-state index contributed by atoms with van der Waals surface area (Å²) in [5, 5.41) is 7.19. The Bertz CT molecular complexity index is 491. The first-order valence-corrected chi connectivity index (χ1v) is 4.18. The molecule has 2 aromatic heterocycles. The summed E-state index contributed by atoms with van der Waals surface area (Å²) in [6, 6.07) is 0.797. The fourth-order valence-corrected chi connectivity index (χ4v) is 1.17. The second-order valence-corrected chi connectivity index (χ2v) is 2.96. The molecule has 0 aliphatic carbocycles. The van der Waals surface area contributed by atoms with E-state index in [4.69, 9.17) is 5.73 Å². The third-order valence-electron chi connectivity index (χ3n) is 1.80. The van der Waals surface area contributed by atoms with E-state index in [1.54, 1.807) is 0 Å². The van der Waals surface area contributed by atoms with Crippen LogP contribution in [0, 0.1) is 0 Å². The Morgan fingerprint density at radius 1 is 1.19 bits per heavy atom. The SMILES string of the molecule is Nc1cnc(-n2nccn2)c(C(F)(F)F)c1.